The van der Waals surface area contributed by atoms with Crippen LogP contribution in [0, 0.1) is 13.8 Å². The van der Waals surface area contributed by atoms with Crippen LogP contribution in [0.25, 0.3) is 0 Å². The highest BCUT2D eigenvalue weighted by atomic mass is 32.2. The molecule has 2 heterocycles. The maximum atomic E-state index is 12.8. The van der Waals surface area contributed by atoms with Crippen molar-refractivity contribution < 1.29 is 14.3 Å². The first-order valence-electron chi connectivity index (χ1n) is 8.83. The van der Waals surface area contributed by atoms with E-state index in [0.29, 0.717) is 33.7 Å². The molecule has 0 aromatic carbocycles. The average molecular weight is 377 g/mol. The van der Waals surface area contributed by atoms with Gasteiger partial charge in [0.25, 0.3) is 0 Å². The van der Waals surface area contributed by atoms with Gasteiger partial charge in [-0.05, 0) is 44.0 Å². The summed E-state index contributed by atoms with van der Waals surface area (Å²) in [4.78, 5) is 28.1. The number of esters is 1. The fourth-order valence-electron chi connectivity index (χ4n) is 3.45. The first kappa shape index (κ1) is 18.6. The van der Waals surface area contributed by atoms with Crippen LogP contribution in [0.1, 0.15) is 70.8 Å². The number of H-pyrrole nitrogens is 1. The smallest absolute Gasteiger partial charge is 0.340 e. The van der Waals surface area contributed by atoms with Gasteiger partial charge in [0.1, 0.15) is 0 Å². The second-order valence-corrected chi connectivity index (χ2v) is 7.34. The summed E-state index contributed by atoms with van der Waals surface area (Å²) in [6, 6.07) is 0.314. The van der Waals surface area contributed by atoms with Gasteiger partial charge >= 0.3 is 5.97 Å². The Morgan fingerprint density at radius 3 is 2.62 bits per heavy atom. The Morgan fingerprint density at radius 2 is 1.92 bits per heavy atom. The van der Waals surface area contributed by atoms with Crippen LogP contribution in [0.4, 0.5) is 0 Å². The van der Waals surface area contributed by atoms with E-state index in [1.165, 1.54) is 24.6 Å². The van der Waals surface area contributed by atoms with Gasteiger partial charge in [0.2, 0.25) is 5.16 Å². The lowest BCUT2D eigenvalue weighted by Gasteiger charge is -2.10. The largest absolute Gasteiger partial charge is 0.462 e. The molecule has 0 bridgehead atoms. The van der Waals surface area contributed by atoms with Gasteiger partial charge in [0.15, 0.2) is 5.78 Å². The molecule has 0 spiro atoms. The molecule has 3 rings (SSSR count). The van der Waals surface area contributed by atoms with Crippen molar-refractivity contribution in [1.29, 1.82) is 0 Å². The summed E-state index contributed by atoms with van der Waals surface area (Å²) < 4.78 is 6.92. The Labute approximate surface area is 156 Å². The van der Waals surface area contributed by atoms with Crippen LogP contribution in [0.5, 0.6) is 0 Å². The number of hydrogen-bond donors (Lipinski definition) is 1. The molecule has 0 aliphatic heterocycles. The molecule has 1 fully saturated rings. The molecule has 8 nitrogen and oxygen atoms in total. The maximum absolute atomic E-state index is 12.8. The van der Waals surface area contributed by atoms with E-state index in [4.69, 9.17) is 4.74 Å². The second kappa shape index (κ2) is 8.03. The van der Waals surface area contributed by atoms with E-state index in [1.54, 1.807) is 20.8 Å². The minimum absolute atomic E-state index is 0.138. The number of aromatic nitrogens is 5. The fraction of sp³-hybridized carbons (Fsp3) is 0.588. The minimum atomic E-state index is -0.474. The van der Waals surface area contributed by atoms with Crippen molar-refractivity contribution >= 4 is 23.5 Å². The van der Waals surface area contributed by atoms with E-state index in [2.05, 4.69) is 20.5 Å². The van der Waals surface area contributed by atoms with Crippen LogP contribution in [0.2, 0.25) is 0 Å². The third-order valence-corrected chi connectivity index (χ3v) is 5.53. The third kappa shape index (κ3) is 3.67. The van der Waals surface area contributed by atoms with Gasteiger partial charge in [-0.25, -0.2) is 9.48 Å². The van der Waals surface area contributed by atoms with E-state index < -0.39 is 5.97 Å². The number of hydrogen-bond acceptors (Lipinski definition) is 7. The van der Waals surface area contributed by atoms with Crippen molar-refractivity contribution in [2.75, 3.05) is 12.4 Å². The molecule has 0 unspecified atom stereocenters. The van der Waals surface area contributed by atoms with Crippen LogP contribution in [-0.4, -0.2) is 49.3 Å². The fourth-order valence-corrected chi connectivity index (χ4v) is 4.27. The van der Waals surface area contributed by atoms with Crippen molar-refractivity contribution in [3.05, 3.63) is 22.5 Å². The van der Waals surface area contributed by atoms with Gasteiger partial charge in [-0.1, -0.05) is 24.6 Å². The summed E-state index contributed by atoms with van der Waals surface area (Å²) in [5.74, 6) is -0.447. The predicted octanol–water partition coefficient (Wildman–Crippen LogP) is 2.88. The number of nitrogens with zero attached hydrogens (tertiary/aromatic N) is 4. The number of ether oxygens (including phenoxy) is 1. The lowest BCUT2D eigenvalue weighted by molar-refractivity contribution is 0.0522. The van der Waals surface area contributed by atoms with Crippen molar-refractivity contribution in [1.82, 2.24) is 25.2 Å². The molecule has 9 heteroatoms. The van der Waals surface area contributed by atoms with Gasteiger partial charge in [-0.3, -0.25) is 4.79 Å². The third-order valence-electron chi connectivity index (χ3n) is 4.60. The topological polar surface area (TPSA) is 103 Å². The number of aryl methyl sites for hydroxylation is 2. The highest BCUT2D eigenvalue weighted by Crippen LogP contribution is 2.32. The van der Waals surface area contributed by atoms with Gasteiger partial charge in [0.05, 0.1) is 29.5 Å². The molecule has 2 aromatic heterocycles. The zero-order valence-corrected chi connectivity index (χ0v) is 16.1. The Bertz CT molecular complexity index is 807. The molecular formula is C17H23N5O3S. The van der Waals surface area contributed by atoms with Crippen LogP contribution in [0.3, 0.4) is 0 Å². The number of Topliss-reactive ketones (excluding diaryl/α,β-unsaturated/α-hetero) is 1. The molecule has 1 N–H and O–H groups in total. The Hall–Kier alpha value is -2.16. The molecule has 2 aromatic rings. The first-order valence-corrected chi connectivity index (χ1v) is 9.81. The summed E-state index contributed by atoms with van der Waals surface area (Å²) in [6.45, 7) is 5.56. The number of aromatic amines is 1. The van der Waals surface area contributed by atoms with Gasteiger partial charge in [0, 0.05) is 11.4 Å². The van der Waals surface area contributed by atoms with Crippen LogP contribution >= 0.6 is 11.8 Å². The maximum Gasteiger partial charge on any atom is 0.340 e. The normalized spacial score (nSPS) is 14.7. The molecule has 0 atom stereocenters. The number of tetrazole rings is 1. The van der Waals surface area contributed by atoms with Crippen molar-refractivity contribution in [2.24, 2.45) is 0 Å². The Morgan fingerprint density at radius 1 is 1.23 bits per heavy atom. The molecular weight excluding hydrogens is 354 g/mol. The highest BCUT2D eigenvalue weighted by Gasteiger charge is 2.27. The quantitative estimate of drug-likeness (QED) is 0.449. The zero-order chi connectivity index (χ0) is 18.7. The number of rotatable bonds is 7. The number of thioether (sulfide) groups is 1. The van der Waals surface area contributed by atoms with Gasteiger partial charge in [-0.15, -0.1) is 5.10 Å². The summed E-state index contributed by atoms with van der Waals surface area (Å²) in [5.41, 5.74) is 2.04. The van der Waals surface area contributed by atoms with E-state index in [0.717, 1.165) is 12.8 Å². The molecule has 0 amide bonds. The van der Waals surface area contributed by atoms with E-state index in [1.807, 2.05) is 4.68 Å². The summed E-state index contributed by atoms with van der Waals surface area (Å²) in [5, 5.41) is 12.5. The van der Waals surface area contributed by atoms with Gasteiger partial charge in [-0.2, -0.15) is 0 Å². The predicted molar refractivity (Wildman–Crippen MR) is 96.6 cm³/mol. The molecule has 1 saturated carbocycles. The number of ketones is 1. The number of carbonyl (C=O) groups is 2. The van der Waals surface area contributed by atoms with Crippen molar-refractivity contribution in [3.63, 3.8) is 0 Å². The standard InChI is InChI=1S/C17H23N5O3S/c1-4-25-16(24)15-11(3)18-10(2)14(15)13(23)9-26-17-19-20-21-22(17)12-7-5-6-8-12/h12,18H,4-9H2,1-3H3. The molecule has 1 aliphatic rings. The minimum Gasteiger partial charge on any atom is -0.462 e. The summed E-state index contributed by atoms with van der Waals surface area (Å²) >= 11 is 1.31. The average Bonchev–Trinajstić information content (AvgIpc) is 3.32. The van der Waals surface area contributed by atoms with Crippen molar-refractivity contribution in [2.45, 2.75) is 57.7 Å². The molecule has 26 heavy (non-hydrogen) atoms. The van der Waals surface area contributed by atoms with Crippen LogP contribution in [-0.2, 0) is 4.74 Å². The SMILES string of the molecule is CCOC(=O)c1c(C)[nH]c(C)c1C(=O)CSc1nnnn1C1CCCC1. The zero-order valence-electron chi connectivity index (χ0n) is 15.2. The molecule has 1 aliphatic carbocycles. The van der Waals surface area contributed by atoms with E-state index >= 15 is 0 Å². The molecule has 0 saturated heterocycles. The van der Waals surface area contributed by atoms with Crippen LogP contribution in [0.15, 0.2) is 5.16 Å². The van der Waals surface area contributed by atoms with E-state index in [-0.39, 0.29) is 18.1 Å². The second-order valence-electron chi connectivity index (χ2n) is 6.40. The lowest BCUT2D eigenvalue weighted by Crippen LogP contribution is -2.14. The lowest BCUT2D eigenvalue weighted by atomic mass is 10.1. The monoisotopic (exact) mass is 377 g/mol. The highest BCUT2D eigenvalue weighted by molar-refractivity contribution is 7.99. The first-order chi connectivity index (χ1) is 12.5. The van der Waals surface area contributed by atoms with Crippen molar-refractivity contribution in [3.8, 4) is 0 Å². The number of nitrogens with one attached hydrogen (secondary N) is 1. The van der Waals surface area contributed by atoms with Gasteiger partial charge < -0.3 is 9.72 Å². The summed E-state index contributed by atoms with van der Waals surface area (Å²) in [6.07, 6.45) is 4.49. The number of carbonyl (C=O) groups excluding carboxylic acids is 2. The summed E-state index contributed by atoms with van der Waals surface area (Å²) in [7, 11) is 0. The van der Waals surface area contributed by atoms with E-state index in [9.17, 15) is 9.59 Å². The Balaban J connectivity index is 1.75. The Kier molecular flexibility index (Phi) is 5.75. The molecule has 0 radical (unpaired) electrons. The molecule has 140 valence electrons. The van der Waals surface area contributed by atoms with Crippen LogP contribution < -0.4 is 0 Å².